The Morgan fingerprint density at radius 1 is 0.927 bits per heavy atom. The first kappa shape index (κ1) is 31.5. The average molecular weight is 630 g/mol. The van der Waals surface area contributed by atoms with Gasteiger partial charge in [0.1, 0.15) is 23.1 Å². The molecule has 2 fully saturated rings. The molecule has 2 bridgehead atoms. The third-order valence-corrected chi connectivity index (χ3v) is 13.6. The van der Waals surface area contributed by atoms with Crippen LogP contribution in [0.2, 0.25) is 28.2 Å². The number of rotatable bonds is 10. The first-order chi connectivity index (χ1) is 19.0. The Hall–Kier alpha value is -2.40. The van der Waals surface area contributed by atoms with Crippen LogP contribution in [-0.4, -0.2) is 50.5 Å². The van der Waals surface area contributed by atoms with Crippen LogP contribution in [0.4, 0.5) is 8.78 Å². The maximum absolute atomic E-state index is 13.8. The first-order valence-corrected chi connectivity index (χ1v) is 17.2. The number of ether oxygens (including phenoxy) is 2. The summed E-state index contributed by atoms with van der Waals surface area (Å²) in [6.07, 6.45) is 1.89. The lowest BCUT2D eigenvalue weighted by molar-refractivity contribution is -0.126. The quantitative estimate of drug-likeness (QED) is 0.297. The van der Waals surface area contributed by atoms with E-state index in [9.17, 15) is 18.4 Å². The van der Waals surface area contributed by atoms with Crippen molar-refractivity contribution in [1.82, 2.24) is 10.6 Å². The summed E-state index contributed by atoms with van der Waals surface area (Å²) in [5.74, 6) is -1.62. The molecule has 2 aliphatic carbocycles. The van der Waals surface area contributed by atoms with E-state index < -0.39 is 31.0 Å². The summed E-state index contributed by atoms with van der Waals surface area (Å²) in [4.78, 5) is 26.1. The van der Waals surface area contributed by atoms with Crippen LogP contribution >= 0.6 is 23.2 Å². The normalized spacial score (nSPS) is 23.8. The number of carbonyl (C=O) groups is 2. The summed E-state index contributed by atoms with van der Waals surface area (Å²) in [6, 6.07) is 7.97. The highest BCUT2D eigenvalue weighted by Gasteiger charge is 2.63. The minimum Gasteiger partial charge on any atom is -0.484 e. The summed E-state index contributed by atoms with van der Waals surface area (Å²) in [5.41, 5.74) is -1.32. The molecule has 2 aromatic carbocycles. The van der Waals surface area contributed by atoms with Crippen LogP contribution in [0.3, 0.4) is 0 Å². The second-order valence-electron chi connectivity index (χ2n) is 12.5. The van der Waals surface area contributed by atoms with Crippen LogP contribution in [0, 0.1) is 11.6 Å². The van der Waals surface area contributed by atoms with Gasteiger partial charge in [-0.3, -0.25) is 9.59 Å². The predicted octanol–water partition coefficient (Wildman–Crippen LogP) is 6.42. The molecule has 0 heterocycles. The topological polar surface area (TPSA) is 85.9 Å². The molecule has 2 amide bonds. The van der Waals surface area contributed by atoms with Gasteiger partial charge in [0.15, 0.2) is 21.5 Å². The molecule has 0 unspecified atom stereocenters. The molecule has 0 aromatic heterocycles. The summed E-state index contributed by atoms with van der Waals surface area (Å²) in [7, 11) is -2.25. The molecule has 0 radical (unpaired) electrons. The van der Waals surface area contributed by atoms with Gasteiger partial charge in [0.25, 0.3) is 11.8 Å². The van der Waals surface area contributed by atoms with E-state index in [4.69, 9.17) is 37.1 Å². The Morgan fingerprint density at radius 2 is 1.44 bits per heavy atom. The first-order valence-electron chi connectivity index (χ1n) is 13.5. The van der Waals surface area contributed by atoms with Gasteiger partial charge in [-0.05, 0) is 68.1 Å². The van der Waals surface area contributed by atoms with Gasteiger partial charge in [0.2, 0.25) is 0 Å². The zero-order valence-corrected chi connectivity index (χ0v) is 26.3. The fourth-order valence-electron chi connectivity index (χ4n) is 5.35. The van der Waals surface area contributed by atoms with Crippen molar-refractivity contribution >= 4 is 43.3 Å². The third kappa shape index (κ3) is 7.16. The fraction of sp³-hybridized carbons (Fsp3) is 0.517. The maximum Gasteiger partial charge on any atom is 0.258 e. The number of hydrogen-bond donors (Lipinski definition) is 2. The van der Waals surface area contributed by atoms with Gasteiger partial charge in [-0.25, -0.2) is 8.78 Å². The number of halogens is 4. The van der Waals surface area contributed by atoms with Gasteiger partial charge in [-0.15, -0.1) is 0 Å². The smallest absolute Gasteiger partial charge is 0.258 e. The van der Waals surface area contributed by atoms with E-state index in [-0.39, 0.29) is 57.7 Å². The summed E-state index contributed by atoms with van der Waals surface area (Å²) in [6.45, 7) is 10.1. The molecular weight excluding hydrogens is 593 g/mol. The summed E-state index contributed by atoms with van der Waals surface area (Å²) < 4.78 is 45.4. The van der Waals surface area contributed by atoms with Gasteiger partial charge in [-0.1, -0.05) is 44.0 Å². The van der Waals surface area contributed by atoms with Gasteiger partial charge in [0.05, 0.1) is 21.7 Å². The molecule has 0 saturated heterocycles. The molecule has 2 aliphatic rings. The monoisotopic (exact) mass is 628 g/mol. The predicted molar refractivity (Wildman–Crippen MR) is 156 cm³/mol. The van der Waals surface area contributed by atoms with Crippen molar-refractivity contribution in [3.05, 3.63) is 58.1 Å². The lowest BCUT2D eigenvalue weighted by atomic mass is 9.88. The molecule has 2 saturated carbocycles. The molecule has 224 valence electrons. The Morgan fingerprint density at radius 3 is 1.93 bits per heavy atom. The van der Waals surface area contributed by atoms with E-state index >= 15 is 0 Å². The Labute approximate surface area is 250 Å². The zero-order chi connectivity index (χ0) is 30.2. The van der Waals surface area contributed by atoms with Crippen LogP contribution in [0.5, 0.6) is 11.5 Å². The SMILES string of the molecule is CC(C)(C)[Si](C)(C)O[C@@H]1C[C@]2(NC(=O)COc3ccc(Cl)c(F)c3)CC[C@@]1(NC(=O)COc1ccc(Cl)c(F)c1)C2. The second kappa shape index (κ2) is 11.7. The van der Waals surface area contributed by atoms with E-state index in [1.807, 2.05) is 0 Å². The molecular formula is C29H36Cl2F2N2O5Si. The molecule has 7 nitrogen and oxygen atoms in total. The Kier molecular flexibility index (Phi) is 9.00. The third-order valence-electron chi connectivity index (χ3n) is 8.45. The highest BCUT2D eigenvalue weighted by atomic mass is 35.5. The van der Waals surface area contributed by atoms with Crippen molar-refractivity contribution in [3.8, 4) is 11.5 Å². The lowest BCUT2D eigenvalue weighted by Crippen LogP contribution is -2.58. The highest BCUT2D eigenvalue weighted by Crippen LogP contribution is 2.54. The lowest BCUT2D eigenvalue weighted by Gasteiger charge is -2.45. The molecule has 4 rings (SSSR count). The van der Waals surface area contributed by atoms with Crippen LogP contribution < -0.4 is 20.1 Å². The van der Waals surface area contributed by atoms with Crippen LogP contribution in [-0.2, 0) is 14.0 Å². The van der Waals surface area contributed by atoms with Crippen LogP contribution in [0.1, 0.15) is 46.5 Å². The number of carbonyl (C=O) groups excluding carboxylic acids is 2. The molecule has 3 atom stereocenters. The second-order valence-corrected chi connectivity index (χ2v) is 18.1. The zero-order valence-electron chi connectivity index (χ0n) is 23.8. The summed E-state index contributed by atoms with van der Waals surface area (Å²) in [5, 5.41) is 6.13. The molecule has 2 N–H and O–H groups in total. The van der Waals surface area contributed by atoms with Crippen molar-refractivity contribution in [2.45, 2.75) is 81.8 Å². The number of hydrogen-bond acceptors (Lipinski definition) is 5. The fourth-order valence-corrected chi connectivity index (χ4v) is 6.96. The number of amides is 2. The molecule has 12 heteroatoms. The Balaban J connectivity index is 1.46. The van der Waals surface area contributed by atoms with Crippen molar-refractivity contribution in [2.75, 3.05) is 13.2 Å². The van der Waals surface area contributed by atoms with E-state index in [0.717, 1.165) is 12.1 Å². The molecule has 0 aliphatic heterocycles. The molecule has 2 aromatic rings. The van der Waals surface area contributed by atoms with E-state index in [0.29, 0.717) is 25.7 Å². The standard InChI is InChI=1S/C29H36Cl2F2N2O5Si/c1-27(2,3)41(4,5)40-24-14-28(34-25(36)15-38-18-6-8-20(30)22(32)12-18)10-11-29(24,17-28)35-26(37)16-39-19-7-9-21(31)23(33)13-19/h6-9,12-13,24H,10-11,14-17H2,1-5H3,(H,34,36)(H,35,37)/t24-,28-,29-/m1/s1. The minimum absolute atomic E-state index is 0.0329. The number of fused-ring (bicyclic) bond motifs is 2. The van der Waals surface area contributed by atoms with Crippen LogP contribution in [0.15, 0.2) is 36.4 Å². The van der Waals surface area contributed by atoms with Crippen LogP contribution in [0.25, 0.3) is 0 Å². The van der Waals surface area contributed by atoms with E-state index in [1.165, 1.54) is 24.3 Å². The van der Waals surface area contributed by atoms with Crippen molar-refractivity contribution in [1.29, 1.82) is 0 Å². The molecule has 0 spiro atoms. The largest absolute Gasteiger partial charge is 0.484 e. The van der Waals surface area contributed by atoms with Crippen molar-refractivity contribution < 1.29 is 32.3 Å². The number of benzene rings is 2. The minimum atomic E-state index is -2.25. The van der Waals surface area contributed by atoms with Gasteiger partial charge < -0.3 is 24.5 Å². The van der Waals surface area contributed by atoms with E-state index in [1.54, 1.807) is 0 Å². The maximum atomic E-state index is 13.8. The van der Waals surface area contributed by atoms with Crippen molar-refractivity contribution in [3.63, 3.8) is 0 Å². The Bertz CT molecular complexity index is 1320. The molecule has 41 heavy (non-hydrogen) atoms. The van der Waals surface area contributed by atoms with Crippen molar-refractivity contribution in [2.24, 2.45) is 0 Å². The van der Waals surface area contributed by atoms with E-state index in [2.05, 4.69) is 44.5 Å². The van der Waals surface area contributed by atoms with Gasteiger partial charge in [-0.2, -0.15) is 0 Å². The summed E-state index contributed by atoms with van der Waals surface area (Å²) >= 11 is 11.5. The van der Waals surface area contributed by atoms with Gasteiger partial charge >= 0.3 is 0 Å². The van der Waals surface area contributed by atoms with Gasteiger partial charge in [0, 0.05) is 17.7 Å². The average Bonchev–Trinajstić information content (AvgIpc) is 3.36. The number of nitrogens with one attached hydrogen (secondary N) is 2. The highest BCUT2D eigenvalue weighted by molar-refractivity contribution is 6.74.